The van der Waals surface area contributed by atoms with Crippen molar-refractivity contribution >= 4 is 11.9 Å². The van der Waals surface area contributed by atoms with Crippen molar-refractivity contribution in [3.8, 4) is 11.5 Å². The van der Waals surface area contributed by atoms with Crippen molar-refractivity contribution in [3.05, 3.63) is 23.8 Å². The van der Waals surface area contributed by atoms with Crippen LogP contribution in [0.3, 0.4) is 0 Å². The number of carbonyl (C=O) groups excluding carboxylic acids is 1. The molecule has 0 bridgehead atoms. The highest BCUT2D eigenvalue weighted by atomic mass is 16.5. The first-order valence-corrected chi connectivity index (χ1v) is 8.84. The smallest absolute Gasteiger partial charge is 0.326 e. The van der Waals surface area contributed by atoms with Crippen LogP contribution in [0, 0.1) is 11.8 Å². The van der Waals surface area contributed by atoms with E-state index in [9.17, 15) is 14.7 Å². The minimum Gasteiger partial charge on any atom is -0.493 e. The number of amides is 1. The molecule has 1 amide bonds. The van der Waals surface area contributed by atoms with Gasteiger partial charge in [-0.2, -0.15) is 0 Å². The van der Waals surface area contributed by atoms with Crippen LogP contribution in [0.2, 0.25) is 0 Å². The first-order chi connectivity index (χ1) is 12.4. The topological polar surface area (TPSA) is 94.1 Å². The molecule has 144 valence electrons. The molecule has 2 atom stereocenters. The zero-order valence-electron chi connectivity index (χ0n) is 15.5. The lowest BCUT2D eigenvalue weighted by Crippen LogP contribution is -2.48. The molecule has 1 aromatic rings. The summed E-state index contributed by atoms with van der Waals surface area (Å²) < 4.78 is 16.3. The van der Waals surface area contributed by atoms with E-state index >= 15 is 0 Å². The van der Waals surface area contributed by atoms with Gasteiger partial charge in [0.1, 0.15) is 6.04 Å². The van der Waals surface area contributed by atoms with Crippen molar-refractivity contribution in [2.75, 3.05) is 26.9 Å². The van der Waals surface area contributed by atoms with E-state index in [1.165, 1.54) is 7.11 Å². The highest BCUT2D eigenvalue weighted by Gasteiger charge is 2.31. The number of hydrogen-bond acceptors (Lipinski definition) is 5. The Labute approximate surface area is 153 Å². The van der Waals surface area contributed by atoms with Gasteiger partial charge in [-0.1, -0.05) is 13.8 Å². The summed E-state index contributed by atoms with van der Waals surface area (Å²) in [7, 11) is 1.50. The van der Waals surface area contributed by atoms with Crippen molar-refractivity contribution in [1.29, 1.82) is 0 Å². The van der Waals surface area contributed by atoms with Crippen LogP contribution in [0.4, 0.5) is 0 Å². The number of carboxylic acids is 1. The summed E-state index contributed by atoms with van der Waals surface area (Å²) in [6.45, 7) is 5.57. The Morgan fingerprint density at radius 1 is 1.35 bits per heavy atom. The van der Waals surface area contributed by atoms with Gasteiger partial charge in [0.15, 0.2) is 11.5 Å². The van der Waals surface area contributed by atoms with Crippen LogP contribution in [-0.2, 0) is 9.53 Å². The first kappa shape index (κ1) is 20.0. The third kappa shape index (κ3) is 5.36. The van der Waals surface area contributed by atoms with E-state index in [2.05, 4.69) is 5.32 Å². The van der Waals surface area contributed by atoms with E-state index in [1.807, 2.05) is 13.8 Å². The Bertz CT molecular complexity index is 624. The molecule has 1 aliphatic rings. The highest BCUT2D eigenvalue weighted by Crippen LogP contribution is 2.28. The Morgan fingerprint density at radius 2 is 2.12 bits per heavy atom. The Balaban J connectivity index is 2.10. The second kappa shape index (κ2) is 9.43. The zero-order chi connectivity index (χ0) is 19.1. The van der Waals surface area contributed by atoms with Gasteiger partial charge in [-0.05, 0) is 37.0 Å². The maximum absolute atomic E-state index is 12.5. The van der Waals surface area contributed by atoms with E-state index in [0.29, 0.717) is 49.2 Å². The fourth-order valence-corrected chi connectivity index (χ4v) is 2.82. The molecule has 26 heavy (non-hydrogen) atoms. The summed E-state index contributed by atoms with van der Waals surface area (Å²) in [6.07, 6.45) is 1.50. The van der Waals surface area contributed by atoms with Crippen LogP contribution in [0.1, 0.15) is 37.0 Å². The summed E-state index contributed by atoms with van der Waals surface area (Å²) in [5.41, 5.74) is 0.321. The molecule has 1 aromatic carbocycles. The Kier molecular flexibility index (Phi) is 7.26. The van der Waals surface area contributed by atoms with Gasteiger partial charge in [-0.25, -0.2) is 4.79 Å². The van der Waals surface area contributed by atoms with Crippen LogP contribution in [0.25, 0.3) is 0 Å². The summed E-state index contributed by atoms with van der Waals surface area (Å²) in [6, 6.07) is 3.84. The molecule has 2 rings (SSSR count). The molecule has 2 N–H and O–H groups in total. The second-order valence-electron chi connectivity index (χ2n) is 6.84. The fourth-order valence-electron chi connectivity index (χ4n) is 2.82. The number of nitrogens with one attached hydrogen (secondary N) is 1. The van der Waals surface area contributed by atoms with Crippen LogP contribution in [0.15, 0.2) is 18.2 Å². The third-order valence-corrected chi connectivity index (χ3v) is 4.22. The zero-order valence-corrected chi connectivity index (χ0v) is 15.5. The predicted octanol–water partition coefficient (Wildman–Crippen LogP) is 2.34. The molecule has 1 saturated heterocycles. The molecule has 0 aliphatic carbocycles. The van der Waals surface area contributed by atoms with Gasteiger partial charge in [-0.15, -0.1) is 0 Å². The van der Waals surface area contributed by atoms with Crippen LogP contribution in [0.5, 0.6) is 11.5 Å². The number of carbonyl (C=O) groups is 2. The Hall–Kier alpha value is -2.28. The maximum atomic E-state index is 12.5. The van der Waals surface area contributed by atoms with E-state index in [0.717, 1.165) is 6.42 Å². The quantitative estimate of drug-likeness (QED) is 0.734. The van der Waals surface area contributed by atoms with E-state index in [-0.39, 0.29) is 5.92 Å². The molecule has 1 heterocycles. The van der Waals surface area contributed by atoms with Gasteiger partial charge >= 0.3 is 5.97 Å². The number of methoxy groups -OCH3 is 1. The Morgan fingerprint density at radius 3 is 2.69 bits per heavy atom. The molecule has 0 saturated carbocycles. The molecule has 0 radical (unpaired) electrons. The first-order valence-electron chi connectivity index (χ1n) is 8.84. The summed E-state index contributed by atoms with van der Waals surface area (Å²) in [5.74, 6) is -0.411. The van der Waals surface area contributed by atoms with Gasteiger partial charge in [0.05, 0.1) is 20.3 Å². The predicted molar refractivity (Wildman–Crippen MR) is 95.8 cm³/mol. The van der Waals surface area contributed by atoms with Crippen molar-refractivity contribution < 1.29 is 28.9 Å². The van der Waals surface area contributed by atoms with Gasteiger partial charge in [-0.3, -0.25) is 4.79 Å². The monoisotopic (exact) mass is 365 g/mol. The fraction of sp³-hybridized carbons (Fsp3) is 0.579. The number of ether oxygens (including phenoxy) is 3. The maximum Gasteiger partial charge on any atom is 0.326 e. The summed E-state index contributed by atoms with van der Waals surface area (Å²) in [5, 5.41) is 12.1. The van der Waals surface area contributed by atoms with Gasteiger partial charge < -0.3 is 24.6 Å². The normalized spacial score (nSPS) is 18.2. The SMILES string of the molecule is COc1cc(C(=O)NC(C(=O)O)C2CCCOC2)ccc1OCC(C)C. The second-order valence-corrected chi connectivity index (χ2v) is 6.84. The minimum atomic E-state index is -1.06. The number of aliphatic carboxylic acids is 1. The van der Waals surface area contributed by atoms with Crippen molar-refractivity contribution in [2.24, 2.45) is 11.8 Å². The molecular weight excluding hydrogens is 338 g/mol. The van der Waals surface area contributed by atoms with Crippen LogP contribution >= 0.6 is 0 Å². The number of carboxylic acid groups (broad SMARTS) is 1. The molecule has 7 heteroatoms. The van der Waals surface area contributed by atoms with Crippen LogP contribution < -0.4 is 14.8 Å². The molecule has 1 aliphatic heterocycles. The van der Waals surface area contributed by atoms with Crippen molar-refractivity contribution in [2.45, 2.75) is 32.7 Å². The summed E-state index contributed by atoms with van der Waals surface area (Å²) in [4.78, 5) is 24.1. The van der Waals surface area contributed by atoms with Gasteiger partial charge in [0.25, 0.3) is 5.91 Å². The highest BCUT2D eigenvalue weighted by molar-refractivity contribution is 5.97. The number of rotatable bonds is 8. The summed E-state index contributed by atoms with van der Waals surface area (Å²) >= 11 is 0. The van der Waals surface area contributed by atoms with Crippen molar-refractivity contribution in [3.63, 3.8) is 0 Å². The minimum absolute atomic E-state index is 0.235. The average Bonchev–Trinajstić information content (AvgIpc) is 2.64. The standard InChI is InChI=1S/C19H27NO6/c1-12(2)10-26-15-7-6-13(9-16(15)24-3)18(21)20-17(19(22)23)14-5-4-8-25-11-14/h6-7,9,12,14,17H,4-5,8,10-11H2,1-3H3,(H,20,21)(H,22,23). The number of benzene rings is 1. The molecule has 0 spiro atoms. The van der Waals surface area contributed by atoms with Gasteiger partial charge in [0, 0.05) is 18.1 Å². The third-order valence-electron chi connectivity index (χ3n) is 4.22. The lowest BCUT2D eigenvalue weighted by molar-refractivity contribution is -0.142. The largest absolute Gasteiger partial charge is 0.493 e. The van der Waals surface area contributed by atoms with E-state index in [4.69, 9.17) is 14.2 Å². The van der Waals surface area contributed by atoms with E-state index in [1.54, 1.807) is 18.2 Å². The van der Waals surface area contributed by atoms with E-state index < -0.39 is 17.9 Å². The molecule has 7 nitrogen and oxygen atoms in total. The molecule has 1 fully saturated rings. The average molecular weight is 365 g/mol. The molecule has 0 aromatic heterocycles. The number of hydrogen-bond donors (Lipinski definition) is 2. The lowest BCUT2D eigenvalue weighted by Gasteiger charge is -2.28. The lowest BCUT2D eigenvalue weighted by atomic mass is 9.93. The van der Waals surface area contributed by atoms with Gasteiger partial charge in [0.2, 0.25) is 0 Å². The molecular formula is C19H27NO6. The van der Waals surface area contributed by atoms with Crippen molar-refractivity contribution in [1.82, 2.24) is 5.32 Å². The molecule has 2 unspecified atom stereocenters. The van der Waals surface area contributed by atoms with Crippen LogP contribution in [-0.4, -0.2) is 50.0 Å².